The lowest BCUT2D eigenvalue weighted by Crippen LogP contribution is -2.34. The van der Waals surface area contributed by atoms with Crippen molar-refractivity contribution in [1.82, 2.24) is 24.7 Å². The van der Waals surface area contributed by atoms with Crippen molar-refractivity contribution in [2.75, 3.05) is 23.3 Å². The highest BCUT2D eigenvalue weighted by Gasteiger charge is 2.31. The third-order valence-electron chi connectivity index (χ3n) is 5.60. The highest BCUT2D eigenvalue weighted by molar-refractivity contribution is 6.06. The van der Waals surface area contributed by atoms with Gasteiger partial charge in [0.25, 0.3) is 5.91 Å². The molecule has 1 aliphatic carbocycles. The maximum Gasteiger partial charge on any atom is 0.278 e. The molecule has 150 valence electrons. The number of fused-ring (bicyclic) bond motifs is 1. The molecule has 2 aliphatic rings. The Hall–Kier alpha value is -3.00. The molecule has 8 heteroatoms. The van der Waals surface area contributed by atoms with E-state index in [-0.39, 0.29) is 5.91 Å². The van der Waals surface area contributed by atoms with E-state index in [1.807, 2.05) is 36.7 Å². The van der Waals surface area contributed by atoms with E-state index < -0.39 is 0 Å². The monoisotopic (exact) mass is 391 g/mol. The molecule has 0 bridgehead atoms. The van der Waals surface area contributed by atoms with Gasteiger partial charge in [-0.2, -0.15) is 0 Å². The van der Waals surface area contributed by atoms with Gasteiger partial charge in [-0.25, -0.2) is 15.0 Å². The molecule has 3 aromatic heterocycles. The fraction of sp³-hybridized carbons (Fsp3) is 0.429. The number of aryl methyl sites for hydroxylation is 2. The summed E-state index contributed by atoms with van der Waals surface area (Å²) in [7, 11) is 0. The molecular formula is C21H25N7O. The summed E-state index contributed by atoms with van der Waals surface area (Å²) < 4.78 is 1.92. The first-order valence-corrected chi connectivity index (χ1v) is 10.2. The minimum Gasteiger partial charge on any atom is -0.353 e. The van der Waals surface area contributed by atoms with Crippen LogP contribution in [-0.4, -0.2) is 50.4 Å². The number of anilines is 2. The molecule has 0 spiro atoms. The lowest BCUT2D eigenvalue weighted by Gasteiger charge is -2.20. The van der Waals surface area contributed by atoms with Crippen LogP contribution >= 0.6 is 0 Å². The van der Waals surface area contributed by atoms with Gasteiger partial charge >= 0.3 is 0 Å². The molecule has 2 fully saturated rings. The Balaban J connectivity index is 1.37. The van der Waals surface area contributed by atoms with Gasteiger partial charge in [-0.1, -0.05) is 0 Å². The van der Waals surface area contributed by atoms with E-state index in [0.717, 1.165) is 42.1 Å². The standard InChI is InChI=1S/C21H25N7O/c1-13-9-18-24-14(2)10-28(18)12-17(13)26-21(29)19-20(23-7-6-22-19)27-8-5-16(11-27)25-15-3-4-15/h6-7,9-10,12,15-16,25H,3-5,8,11H2,1-2H3,(H,26,29). The Morgan fingerprint density at radius 3 is 2.76 bits per heavy atom. The summed E-state index contributed by atoms with van der Waals surface area (Å²) in [4.78, 5) is 28.5. The molecule has 1 amide bonds. The van der Waals surface area contributed by atoms with Gasteiger partial charge in [-0.3, -0.25) is 4.79 Å². The first kappa shape index (κ1) is 18.1. The van der Waals surface area contributed by atoms with E-state index in [1.165, 1.54) is 12.8 Å². The minimum atomic E-state index is -0.244. The largest absolute Gasteiger partial charge is 0.353 e. The summed E-state index contributed by atoms with van der Waals surface area (Å²) in [5.74, 6) is 0.410. The maximum atomic E-state index is 13.1. The SMILES string of the molecule is Cc1cn2cc(NC(=O)c3nccnc3N3CCC(NC4CC4)C3)c(C)cc2n1. The number of nitrogens with one attached hydrogen (secondary N) is 2. The Labute approximate surface area is 169 Å². The molecule has 3 aromatic rings. The second-order valence-electron chi connectivity index (χ2n) is 8.07. The van der Waals surface area contributed by atoms with Crippen molar-refractivity contribution >= 4 is 23.1 Å². The minimum absolute atomic E-state index is 0.244. The Morgan fingerprint density at radius 1 is 1.10 bits per heavy atom. The Bertz CT molecular complexity index is 1070. The van der Waals surface area contributed by atoms with Crippen LogP contribution in [0.1, 0.15) is 41.0 Å². The zero-order valence-electron chi connectivity index (χ0n) is 16.7. The number of imidazole rings is 1. The normalized spacial score (nSPS) is 19.1. The molecule has 0 radical (unpaired) electrons. The van der Waals surface area contributed by atoms with E-state index in [0.29, 0.717) is 23.6 Å². The van der Waals surface area contributed by atoms with Crippen LogP contribution in [0.3, 0.4) is 0 Å². The van der Waals surface area contributed by atoms with Crippen molar-refractivity contribution < 1.29 is 4.79 Å². The van der Waals surface area contributed by atoms with Crippen LogP contribution in [0.25, 0.3) is 5.65 Å². The van der Waals surface area contributed by atoms with Gasteiger partial charge in [-0.15, -0.1) is 0 Å². The van der Waals surface area contributed by atoms with Crippen molar-refractivity contribution in [3.8, 4) is 0 Å². The second-order valence-corrected chi connectivity index (χ2v) is 8.07. The first-order chi connectivity index (χ1) is 14.1. The summed E-state index contributed by atoms with van der Waals surface area (Å²) in [6.45, 7) is 5.65. The van der Waals surface area contributed by atoms with E-state index in [2.05, 4.69) is 30.5 Å². The fourth-order valence-electron chi connectivity index (χ4n) is 3.96. The summed E-state index contributed by atoms with van der Waals surface area (Å²) in [6.07, 6.45) is 10.7. The number of nitrogens with zero attached hydrogens (tertiary/aromatic N) is 5. The van der Waals surface area contributed by atoms with Crippen molar-refractivity contribution in [3.05, 3.63) is 47.8 Å². The molecule has 29 heavy (non-hydrogen) atoms. The Morgan fingerprint density at radius 2 is 1.93 bits per heavy atom. The predicted octanol–water partition coefficient (Wildman–Crippen LogP) is 2.32. The molecule has 1 unspecified atom stereocenters. The van der Waals surface area contributed by atoms with Gasteiger partial charge in [0, 0.05) is 50.0 Å². The molecule has 0 aromatic carbocycles. The van der Waals surface area contributed by atoms with Gasteiger partial charge in [0.15, 0.2) is 11.5 Å². The molecule has 1 saturated carbocycles. The quantitative estimate of drug-likeness (QED) is 0.694. The smallest absolute Gasteiger partial charge is 0.278 e. The number of carbonyl (C=O) groups excluding carboxylic acids is 1. The van der Waals surface area contributed by atoms with Gasteiger partial charge in [0.05, 0.1) is 11.4 Å². The molecule has 4 heterocycles. The molecule has 5 rings (SSSR count). The third kappa shape index (κ3) is 3.67. The highest BCUT2D eigenvalue weighted by Crippen LogP contribution is 2.26. The molecular weight excluding hydrogens is 366 g/mol. The molecule has 1 saturated heterocycles. The summed E-state index contributed by atoms with van der Waals surface area (Å²) >= 11 is 0. The number of hydrogen-bond donors (Lipinski definition) is 2. The number of amides is 1. The number of pyridine rings is 1. The fourth-order valence-corrected chi connectivity index (χ4v) is 3.96. The number of carbonyl (C=O) groups is 1. The average molecular weight is 391 g/mol. The lowest BCUT2D eigenvalue weighted by atomic mass is 10.2. The van der Waals surface area contributed by atoms with Crippen LogP contribution in [0.15, 0.2) is 30.9 Å². The van der Waals surface area contributed by atoms with Gasteiger partial charge in [-0.05, 0) is 44.7 Å². The Kier molecular flexibility index (Phi) is 4.43. The number of rotatable bonds is 5. The second kappa shape index (κ2) is 7.11. The zero-order valence-corrected chi connectivity index (χ0v) is 16.7. The van der Waals surface area contributed by atoms with Crippen molar-refractivity contribution in [1.29, 1.82) is 0 Å². The predicted molar refractivity (Wildman–Crippen MR) is 111 cm³/mol. The molecule has 8 nitrogen and oxygen atoms in total. The van der Waals surface area contributed by atoms with Crippen molar-refractivity contribution in [3.63, 3.8) is 0 Å². The van der Waals surface area contributed by atoms with Crippen LogP contribution in [0, 0.1) is 13.8 Å². The van der Waals surface area contributed by atoms with Gasteiger partial charge < -0.3 is 19.9 Å². The van der Waals surface area contributed by atoms with Gasteiger partial charge in [0.2, 0.25) is 0 Å². The topological polar surface area (TPSA) is 87.5 Å². The first-order valence-electron chi connectivity index (χ1n) is 10.2. The van der Waals surface area contributed by atoms with Crippen LogP contribution in [0.4, 0.5) is 11.5 Å². The van der Waals surface area contributed by atoms with E-state index in [9.17, 15) is 4.79 Å². The van der Waals surface area contributed by atoms with Crippen molar-refractivity contribution in [2.24, 2.45) is 0 Å². The van der Waals surface area contributed by atoms with E-state index in [1.54, 1.807) is 12.4 Å². The third-order valence-corrected chi connectivity index (χ3v) is 5.60. The van der Waals surface area contributed by atoms with Crippen molar-refractivity contribution in [2.45, 2.75) is 45.2 Å². The summed E-state index contributed by atoms with van der Waals surface area (Å²) in [5, 5.41) is 6.68. The molecule has 2 N–H and O–H groups in total. The van der Waals surface area contributed by atoms with Crippen LogP contribution < -0.4 is 15.5 Å². The average Bonchev–Trinajstić information content (AvgIpc) is 3.26. The van der Waals surface area contributed by atoms with Crippen LogP contribution in [0.2, 0.25) is 0 Å². The summed E-state index contributed by atoms with van der Waals surface area (Å²) in [5.41, 5.74) is 3.86. The van der Waals surface area contributed by atoms with E-state index in [4.69, 9.17) is 0 Å². The van der Waals surface area contributed by atoms with Crippen LogP contribution in [-0.2, 0) is 0 Å². The highest BCUT2D eigenvalue weighted by atomic mass is 16.1. The number of aromatic nitrogens is 4. The lowest BCUT2D eigenvalue weighted by molar-refractivity contribution is 0.102. The zero-order chi connectivity index (χ0) is 20.0. The van der Waals surface area contributed by atoms with Crippen LogP contribution in [0.5, 0.6) is 0 Å². The van der Waals surface area contributed by atoms with E-state index >= 15 is 0 Å². The number of hydrogen-bond acceptors (Lipinski definition) is 6. The summed E-state index contributed by atoms with van der Waals surface area (Å²) in [6, 6.07) is 3.10. The maximum absolute atomic E-state index is 13.1. The molecule has 1 aliphatic heterocycles. The van der Waals surface area contributed by atoms with Gasteiger partial charge in [0.1, 0.15) is 5.65 Å². The molecule has 1 atom stereocenters.